The maximum atomic E-state index is 11.2. The van der Waals surface area contributed by atoms with Crippen LogP contribution < -0.4 is 0 Å². The van der Waals surface area contributed by atoms with Crippen LogP contribution in [0.15, 0.2) is 11.0 Å². The predicted molar refractivity (Wildman–Crippen MR) is 52.7 cm³/mol. The van der Waals surface area contributed by atoms with Crippen LogP contribution in [0.3, 0.4) is 0 Å². The number of rotatable bonds is 3. The number of nitro groups is 1. The number of hydrogen-bond acceptors (Lipinski definition) is 5. The Hall–Kier alpha value is -0.750. The Kier molecular flexibility index (Phi) is 3.77. The molecule has 1 aliphatic heterocycles. The normalized spacial score (nSPS) is 25.7. The zero-order chi connectivity index (χ0) is 10.7. The SMILES string of the molecule is CCOC(=O)C1=CC([N+](=O)[O-])C(Cl)S1. The Balaban J connectivity index is 2.70. The molecule has 0 aromatic carbocycles. The van der Waals surface area contributed by atoms with Gasteiger partial charge in [0, 0.05) is 11.0 Å². The molecule has 0 radical (unpaired) electrons. The lowest BCUT2D eigenvalue weighted by Gasteiger charge is -2.02. The van der Waals surface area contributed by atoms with Crippen molar-refractivity contribution in [2.45, 2.75) is 17.7 Å². The molecular formula is C7H8ClNO4S. The molecule has 7 heteroatoms. The molecule has 1 heterocycles. The summed E-state index contributed by atoms with van der Waals surface area (Å²) in [5, 5.41) is 10.4. The van der Waals surface area contributed by atoms with Gasteiger partial charge < -0.3 is 4.74 Å². The zero-order valence-electron chi connectivity index (χ0n) is 7.31. The summed E-state index contributed by atoms with van der Waals surface area (Å²) in [6.45, 7) is 1.91. The van der Waals surface area contributed by atoms with Gasteiger partial charge in [-0.15, -0.1) is 11.6 Å². The number of ether oxygens (including phenoxy) is 1. The summed E-state index contributed by atoms with van der Waals surface area (Å²) >= 11 is 6.63. The first kappa shape index (κ1) is 11.3. The molecule has 5 nitrogen and oxygen atoms in total. The summed E-state index contributed by atoms with van der Waals surface area (Å²) in [5.41, 5.74) is 0. The highest BCUT2D eigenvalue weighted by molar-refractivity contribution is 8.05. The minimum absolute atomic E-state index is 0.216. The molecule has 0 spiro atoms. The Morgan fingerprint density at radius 3 is 2.93 bits per heavy atom. The van der Waals surface area contributed by atoms with Crippen molar-refractivity contribution in [3.05, 3.63) is 21.1 Å². The number of thioether (sulfide) groups is 1. The van der Waals surface area contributed by atoms with Crippen molar-refractivity contribution in [1.29, 1.82) is 0 Å². The molecule has 1 rings (SSSR count). The van der Waals surface area contributed by atoms with Gasteiger partial charge in [-0.2, -0.15) is 0 Å². The largest absolute Gasteiger partial charge is 0.462 e. The number of carbonyl (C=O) groups is 1. The van der Waals surface area contributed by atoms with Crippen LogP contribution in [-0.4, -0.2) is 28.3 Å². The minimum atomic E-state index is -1.01. The lowest BCUT2D eigenvalue weighted by Crippen LogP contribution is -2.21. The van der Waals surface area contributed by atoms with E-state index in [4.69, 9.17) is 16.3 Å². The molecule has 0 N–H and O–H groups in total. The first-order chi connectivity index (χ1) is 6.56. The van der Waals surface area contributed by atoms with E-state index in [2.05, 4.69) is 0 Å². The number of carbonyl (C=O) groups excluding carboxylic acids is 1. The predicted octanol–water partition coefficient (Wildman–Crippen LogP) is 1.39. The van der Waals surface area contributed by atoms with Crippen molar-refractivity contribution in [2.75, 3.05) is 6.61 Å². The maximum Gasteiger partial charge on any atom is 0.344 e. The summed E-state index contributed by atoms with van der Waals surface area (Å²) in [6.07, 6.45) is 1.24. The smallest absolute Gasteiger partial charge is 0.344 e. The maximum absolute atomic E-state index is 11.2. The zero-order valence-corrected chi connectivity index (χ0v) is 8.88. The van der Waals surface area contributed by atoms with E-state index >= 15 is 0 Å². The Bertz CT molecular complexity index is 293. The fraction of sp³-hybridized carbons (Fsp3) is 0.571. The molecule has 78 valence electrons. The number of halogens is 1. The van der Waals surface area contributed by atoms with Crippen molar-refractivity contribution in [3.63, 3.8) is 0 Å². The van der Waals surface area contributed by atoms with Crippen molar-refractivity contribution in [3.8, 4) is 0 Å². The van der Waals surface area contributed by atoms with Gasteiger partial charge in [-0.05, 0) is 6.92 Å². The van der Waals surface area contributed by atoms with Gasteiger partial charge in [-0.1, -0.05) is 11.8 Å². The van der Waals surface area contributed by atoms with Crippen LogP contribution in [0.25, 0.3) is 0 Å². The minimum Gasteiger partial charge on any atom is -0.462 e. The van der Waals surface area contributed by atoms with Crippen molar-refractivity contribution >= 4 is 29.3 Å². The second-order valence-electron chi connectivity index (χ2n) is 2.50. The Labute approximate surface area is 89.6 Å². The van der Waals surface area contributed by atoms with Crippen LogP contribution in [0, 0.1) is 10.1 Å². The Morgan fingerprint density at radius 1 is 1.86 bits per heavy atom. The number of nitrogens with zero attached hydrogens (tertiary/aromatic N) is 1. The third kappa shape index (κ3) is 2.39. The van der Waals surface area contributed by atoms with Crippen LogP contribution in [0.4, 0.5) is 0 Å². The third-order valence-corrected chi connectivity index (χ3v) is 3.14. The number of esters is 1. The van der Waals surface area contributed by atoms with Gasteiger partial charge in [0.05, 0.1) is 11.5 Å². The summed E-state index contributed by atoms with van der Waals surface area (Å²) in [5.74, 6) is -0.549. The second-order valence-corrected chi connectivity index (χ2v) is 4.41. The first-order valence-corrected chi connectivity index (χ1v) is 5.21. The highest BCUT2D eigenvalue weighted by Crippen LogP contribution is 2.36. The fourth-order valence-corrected chi connectivity index (χ4v) is 2.32. The number of alkyl halides is 1. The first-order valence-electron chi connectivity index (χ1n) is 3.89. The molecule has 0 aromatic rings. The van der Waals surface area contributed by atoms with E-state index in [1.807, 2.05) is 0 Å². The summed E-state index contributed by atoms with van der Waals surface area (Å²) in [7, 11) is 0. The van der Waals surface area contributed by atoms with Gasteiger partial charge in [0.25, 0.3) is 6.04 Å². The molecule has 2 unspecified atom stereocenters. The molecule has 0 saturated heterocycles. The van der Waals surface area contributed by atoms with E-state index in [0.717, 1.165) is 11.8 Å². The van der Waals surface area contributed by atoms with Crippen LogP contribution in [0.2, 0.25) is 0 Å². The van der Waals surface area contributed by atoms with Crippen LogP contribution >= 0.6 is 23.4 Å². The highest BCUT2D eigenvalue weighted by Gasteiger charge is 2.38. The standard InChI is InChI=1S/C7H8ClNO4S/c1-2-13-7(10)5-3-4(9(11)12)6(8)14-5/h3-4,6H,2H2,1H3. The van der Waals surface area contributed by atoms with Gasteiger partial charge >= 0.3 is 5.97 Å². The second kappa shape index (κ2) is 4.65. The summed E-state index contributed by atoms with van der Waals surface area (Å²) in [6, 6.07) is -1.01. The Morgan fingerprint density at radius 2 is 2.50 bits per heavy atom. The lowest BCUT2D eigenvalue weighted by atomic mass is 10.3. The van der Waals surface area contributed by atoms with E-state index in [1.54, 1.807) is 6.92 Å². The topological polar surface area (TPSA) is 69.4 Å². The molecule has 0 bridgehead atoms. The summed E-state index contributed by atoms with van der Waals surface area (Å²) < 4.78 is 3.96. The molecule has 0 aliphatic carbocycles. The van der Waals surface area contributed by atoms with Gasteiger partial charge in [-0.3, -0.25) is 10.1 Å². The van der Waals surface area contributed by atoms with Gasteiger partial charge in [0.15, 0.2) is 4.71 Å². The van der Waals surface area contributed by atoms with E-state index in [9.17, 15) is 14.9 Å². The van der Waals surface area contributed by atoms with E-state index in [1.165, 1.54) is 6.08 Å². The third-order valence-electron chi connectivity index (χ3n) is 1.55. The van der Waals surface area contributed by atoms with E-state index in [-0.39, 0.29) is 11.5 Å². The molecule has 14 heavy (non-hydrogen) atoms. The fourth-order valence-electron chi connectivity index (χ4n) is 0.936. The molecule has 0 amide bonds. The highest BCUT2D eigenvalue weighted by atomic mass is 35.5. The molecule has 0 saturated carbocycles. The lowest BCUT2D eigenvalue weighted by molar-refractivity contribution is -0.505. The van der Waals surface area contributed by atoms with E-state index < -0.39 is 21.6 Å². The molecule has 2 atom stereocenters. The van der Waals surface area contributed by atoms with Gasteiger partial charge in [-0.25, -0.2) is 4.79 Å². The monoisotopic (exact) mass is 237 g/mol. The average Bonchev–Trinajstić information content (AvgIpc) is 2.48. The van der Waals surface area contributed by atoms with E-state index in [0.29, 0.717) is 0 Å². The van der Waals surface area contributed by atoms with Crippen molar-refractivity contribution in [1.82, 2.24) is 0 Å². The van der Waals surface area contributed by atoms with Gasteiger partial charge in [0.1, 0.15) is 0 Å². The van der Waals surface area contributed by atoms with Crippen molar-refractivity contribution in [2.24, 2.45) is 0 Å². The van der Waals surface area contributed by atoms with Crippen molar-refractivity contribution < 1.29 is 14.5 Å². The molecule has 1 aliphatic rings. The molecule has 0 aromatic heterocycles. The average molecular weight is 238 g/mol. The van der Waals surface area contributed by atoms with Gasteiger partial charge in [0.2, 0.25) is 0 Å². The van der Waals surface area contributed by atoms with Crippen LogP contribution in [-0.2, 0) is 9.53 Å². The summed E-state index contributed by atoms with van der Waals surface area (Å²) in [4.78, 5) is 21.3. The molecular weight excluding hydrogens is 230 g/mol. The number of hydrogen-bond donors (Lipinski definition) is 0. The van der Waals surface area contributed by atoms with Crippen LogP contribution in [0.5, 0.6) is 0 Å². The quantitative estimate of drug-likeness (QED) is 0.321. The van der Waals surface area contributed by atoms with Crippen LogP contribution in [0.1, 0.15) is 6.92 Å². The molecule has 0 fully saturated rings.